The van der Waals surface area contributed by atoms with E-state index >= 15 is 0 Å². The van der Waals surface area contributed by atoms with E-state index in [9.17, 15) is 8.42 Å². The summed E-state index contributed by atoms with van der Waals surface area (Å²) in [6.45, 7) is 1.07. The van der Waals surface area contributed by atoms with Crippen LogP contribution < -0.4 is 10.5 Å². The molecular formula is C12H27N3O3S. The Balaban J connectivity index is 2.57. The molecule has 114 valence electrons. The highest BCUT2D eigenvalue weighted by molar-refractivity contribution is 7.87. The van der Waals surface area contributed by atoms with E-state index in [2.05, 4.69) is 4.72 Å². The Morgan fingerprint density at radius 2 is 2.00 bits per heavy atom. The minimum Gasteiger partial charge on any atom is -0.383 e. The number of methoxy groups -OCH3 is 1. The Kier molecular flexibility index (Phi) is 7.23. The highest BCUT2D eigenvalue weighted by atomic mass is 32.2. The van der Waals surface area contributed by atoms with Crippen LogP contribution in [0.25, 0.3) is 0 Å². The van der Waals surface area contributed by atoms with Crippen LogP contribution >= 0.6 is 0 Å². The molecule has 0 saturated heterocycles. The second-order valence-corrected chi connectivity index (χ2v) is 6.99. The molecule has 0 heterocycles. The summed E-state index contributed by atoms with van der Waals surface area (Å²) in [5, 5.41) is 0. The average Bonchev–Trinajstić information content (AvgIpc) is 2.43. The Hall–Kier alpha value is -0.210. The van der Waals surface area contributed by atoms with Crippen molar-refractivity contribution in [2.45, 2.75) is 38.1 Å². The molecule has 0 amide bonds. The minimum absolute atomic E-state index is 0.157. The van der Waals surface area contributed by atoms with Crippen LogP contribution in [-0.4, -0.2) is 52.6 Å². The van der Waals surface area contributed by atoms with Crippen molar-refractivity contribution in [1.29, 1.82) is 0 Å². The normalized spacial score (nSPS) is 19.8. The molecule has 1 unspecified atom stereocenters. The van der Waals surface area contributed by atoms with Crippen molar-refractivity contribution >= 4 is 10.2 Å². The van der Waals surface area contributed by atoms with Crippen molar-refractivity contribution in [3.63, 3.8) is 0 Å². The zero-order chi connectivity index (χ0) is 14.3. The summed E-state index contributed by atoms with van der Waals surface area (Å²) in [7, 11) is -0.364. The van der Waals surface area contributed by atoms with E-state index in [0.717, 1.165) is 12.8 Å². The molecule has 0 aliphatic heterocycles. The first-order valence-electron chi connectivity index (χ1n) is 6.94. The molecule has 0 bridgehead atoms. The van der Waals surface area contributed by atoms with Gasteiger partial charge in [0.1, 0.15) is 0 Å². The van der Waals surface area contributed by atoms with Gasteiger partial charge in [-0.15, -0.1) is 0 Å². The number of nitrogens with two attached hydrogens (primary N) is 1. The SMILES string of the molecule is COCCN(C)S(=O)(=O)NC(CN)C1CCCCC1. The van der Waals surface area contributed by atoms with Crippen LogP contribution in [0.3, 0.4) is 0 Å². The largest absolute Gasteiger partial charge is 0.383 e. The van der Waals surface area contributed by atoms with Gasteiger partial charge < -0.3 is 10.5 Å². The van der Waals surface area contributed by atoms with E-state index in [1.165, 1.54) is 23.6 Å². The first-order chi connectivity index (χ1) is 9.01. The lowest BCUT2D eigenvalue weighted by Gasteiger charge is -2.31. The van der Waals surface area contributed by atoms with Crippen LogP contribution in [0.15, 0.2) is 0 Å². The van der Waals surface area contributed by atoms with Gasteiger partial charge in [0.05, 0.1) is 6.61 Å². The Labute approximate surface area is 116 Å². The van der Waals surface area contributed by atoms with Crippen molar-refractivity contribution in [2.75, 3.05) is 33.9 Å². The van der Waals surface area contributed by atoms with E-state index in [1.807, 2.05) is 0 Å². The third-order valence-corrected chi connectivity index (χ3v) is 5.40. The summed E-state index contributed by atoms with van der Waals surface area (Å²) in [5.41, 5.74) is 5.74. The van der Waals surface area contributed by atoms with Crippen molar-refractivity contribution in [2.24, 2.45) is 11.7 Å². The molecule has 1 fully saturated rings. The number of nitrogens with zero attached hydrogens (tertiary/aromatic N) is 1. The third-order valence-electron chi connectivity index (χ3n) is 3.79. The second-order valence-electron chi connectivity index (χ2n) is 5.18. The third kappa shape index (κ3) is 5.35. The molecule has 1 aliphatic carbocycles. The zero-order valence-corrected chi connectivity index (χ0v) is 12.8. The number of rotatable bonds is 8. The minimum atomic E-state index is -3.47. The molecule has 0 aromatic carbocycles. The molecule has 7 heteroatoms. The number of hydrogen-bond donors (Lipinski definition) is 2. The molecule has 1 saturated carbocycles. The molecule has 0 aromatic heterocycles. The van der Waals surface area contributed by atoms with E-state index in [0.29, 0.717) is 25.6 Å². The standard InChI is InChI=1S/C12H27N3O3S/c1-15(8-9-18-2)19(16,17)14-12(10-13)11-6-4-3-5-7-11/h11-12,14H,3-10,13H2,1-2H3. The lowest BCUT2D eigenvalue weighted by atomic mass is 9.84. The Morgan fingerprint density at radius 3 is 2.53 bits per heavy atom. The van der Waals surface area contributed by atoms with E-state index in [1.54, 1.807) is 14.2 Å². The zero-order valence-electron chi connectivity index (χ0n) is 12.0. The molecule has 0 spiro atoms. The maximum absolute atomic E-state index is 12.2. The van der Waals surface area contributed by atoms with Crippen LogP contribution in [0.5, 0.6) is 0 Å². The van der Waals surface area contributed by atoms with Gasteiger partial charge in [0.2, 0.25) is 0 Å². The summed E-state index contributed by atoms with van der Waals surface area (Å²) in [4.78, 5) is 0. The fraction of sp³-hybridized carbons (Fsp3) is 1.00. The predicted molar refractivity (Wildman–Crippen MR) is 76.0 cm³/mol. The Morgan fingerprint density at radius 1 is 1.37 bits per heavy atom. The van der Waals surface area contributed by atoms with E-state index in [4.69, 9.17) is 10.5 Å². The van der Waals surface area contributed by atoms with Crippen LogP contribution in [0.2, 0.25) is 0 Å². The van der Waals surface area contributed by atoms with E-state index < -0.39 is 10.2 Å². The second kappa shape index (κ2) is 8.16. The molecule has 1 atom stereocenters. The molecule has 19 heavy (non-hydrogen) atoms. The topological polar surface area (TPSA) is 84.7 Å². The Bertz CT molecular complexity index is 342. The van der Waals surface area contributed by atoms with E-state index in [-0.39, 0.29) is 6.04 Å². The molecule has 1 aliphatic rings. The fourth-order valence-corrected chi connectivity index (χ4v) is 3.66. The van der Waals surface area contributed by atoms with Gasteiger partial charge in [-0.1, -0.05) is 19.3 Å². The summed E-state index contributed by atoms with van der Waals surface area (Å²) in [6, 6.07) is -0.157. The quantitative estimate of drug-likeness (QED) is 0.674. The van der Waals surface area contributed by atoms with Crippen molar-refractivity contribution in [3.05, 3.63) is 0 Å². The summed E-state index contributed by atoms with van der Waals surface area (Å²) < 4.78 is 33.2. The van der Waals surface area contributed by atoms with Gasteiger partial charge >= 0.3 is 0 Å². The molecule has 1 rings (SSSR count). The van der Waals surface area contributed by atoms with Gasteiger partial charge in [0.15, 0.2) is 0 Å². The molecule has 6 nitrogen and oxygen atoms in total. The number of nitrogens with one attached hydrogen (secondary N) is 1. The van der Waals surface area contributed by atoms with Crippen LogP contribution in [0.1, 0.15) is 32.1 Å². The smallest absolute Gasteiger partial charge is 0.279 e. The highest BCUT2D eigenvalue weighted by Gasteiger charge is 2.28. The fourth-order valence-electron chi connectivity index (χ4n) is 2.49. The van der Waals surface area contributed by atoms with Gasteiger partial charge in [-0.25, -0.2) is 0 Å². The van der Waals surface area contributed by atoms with Crippen LogP contribution in [0.4, 0.5) is 0 Å². The average molecular weight is 293 g/mol. The summed E-state index contributed by atoms with van der Waals surface area (Å²) >= 11 is 0. The molecule has 0 aromatic rings. The number of likely N-dealkylation sites (N-methyl/N-ethyl adjacent to an activating group) is 1. The van der Waals surface area contributed by atoms with Crippen LogP contribution in [-0.2, 0) is 14.9 Å². The maximum Gasteiger partial charge on any atom is 0.279 e. The van der Waals surface area contributed by atoms with Gasteiger partial charge in [-0.3, -0.25) is 0 Å². The number of ether oxygens (including phenoxy) is 1. The monoisotopic (exact) mass is 293 g/mol. The van der Waals surface area contributed by atoms with Crippen LogP contribution in [0, 0.1) is 5.92 Å². The molecule has 0 radical (unpaired) electrons. The van der Waals surface area contributed by atoms with Crippen molar-refractivity contribution in [1.82, 2.24) is 9.03 Å². The first kappa shape index (κ1) is 16.8. The highest BCUT2D eigenvalue weighted by Crippen LogP contribution is 2.26. The lowest BCUT2D eigenvalue weighted by molar-refractivity contribution is 0.184. The molecular weight excluding hydrogens is 266 g/mol. The van der Waals surface area contributed by atoms with Gasteiger partial charge in [-0.2, -0.15) is 17.4 Å². The summed E-state index contributed by atoms with van der Waals surface area (Å²) in [6.07, 6.45) is 5.71. The van der Waals surface area contributed by atoms with Gasteiger partial charge in [0.25, 0.3) is 10.2 Å². The first-order valence-corrected chi connectivity index (χ1v) is 8.38. The van der Waals surface area contributed by atoms with Crippen molar-refractivity contribution < 1.29 is 13.2 Å². The van der Waals surface area contributed by atoms with Gasteiger partial charge in [0, 0.05) is 33.3 Å². The van der Waals surface area contributed by atoms with Gasteiger partial charge in [-0.05, 0) is 18.8 Å². The van der Waals surface area contributed by atoms with Crippen molar-refractivity contribution in [3.8, 4) is 0 Å². The summed E-state index contributed by atoms with van der Waals surface area (Å²) in [5.74, 6) is 0.365. The predicted octanol–water partition coefficient (Wildman–Crippen LogP) is 0.307. The lowest BCUT2D eigenvalue weighted by Crippen LogP contribution is -2.50. The molecule has 3 N–H and O–H groups in total. The number of hydrogen-bond acceptors (Lipinski definition) is 4. The maximum atomic E-state index is 12.2.